The average molecular weight is 655 g/mol. The smallest absolute Gasteiger partial charge is 0.218 e. The van der Waals surface area contributed by atoms with Crippen molar-refractivity contribution in [1.82, 2.24) is 0 Å². The van der Waals surface area contributed by atoms with Gasteiger partial charge in [0.05, 0.1) is 19.2 Å². The molecule has 2 heterocycles. The minimum absolute atomic E-state index is 0.169. The number of hydrogen-bond acceptors (Lipinski definition) is 24. The van der Waals surface area contributed by atoms with Crippen LogP contribution in [0.4, 0.5) is 0 Å². The molecule has 0 amide bonds. The van der Waals surface area contributed by atoms with E-state index in [2.05, 4.69) is 21.9 Å². The van der Waals surface area contributed by atoms with Gasteiger partial charge in [-0.2, -0.15) is 0 Å². The molecular weight excluding hydrogens is 640 g/mol. The van der Waals surface area contributed by atoms with Crippen LogP contribution >= 0.6 is 12.3 Å². The predicted molar refractivity (Wildman–Crippen MR) is 99.7 cm³/mol. The first-order valence-electron chi connectivity index (χ1n) is 9.49. The summed E-state index contributed by atoms with van der Waals surface area (Å²) in [7, 11) is -17.0. The summed E-state index contributed by atoms with van der Waals surface area (Å²) >= 11 is -0.169. The van der Waals surface area contributed by atoms with Gasteiger partial charge >= 0.3 is 0 Å². The molecule has 0 aliphatic carbocycles. The first kappa shape index (κ1) is 34.3. The van der Waals surface area contributed by atoms with Crippen molar-refractivity contribution in [2.24, 2.45) is 0 Å². The molecule has 0 saturated carbocycles. The van der Waals surface area contributed by atoms with Crippen molar-refractivity contribution in [1.29, 1.82) is 0 Å². The van der Waals surface area contributed by atoms with E-state index in [0.717, 1.165) is 0 Å². The molecule has 0 radical (unpaired) electrons. The van der Waals surface area contributed by atoms with Gasteiger partial charge in [0.2, 0.25) is 31.2 Å². The third kappa shape index (κ3) is 10.8. The maximum absolute atomic E-state index is 11.3. The van der Waals surface area contributed by atoms with Crippen LogP contribution in [-0.4, -0.2) is 123 Å². The van der Waals surface area contributed by atoms with Crippen molar-refractivity contribution in [2.45, 2.75) is 55.1 Å². The van der Waals surface area contributed by atoms with Gasteiger partial charge in [0, 0.05) is 0 Å². The number of hydrogen-bond donors (Lipinski definition) is 2. The first-order valence-corrected chi connectivity index (χ1v) is 14.2. The summed E-state index contributed by atoms with van der Waals surface area (Å²) in [6.45, 7) is -2.25. The zero-order chi connectivity index (χ0) is 29.8. The zero-order valence-electron chi connectivity index (χ0n) is 18.2. The normalized spacial score (nSPS) is 34.3. The molecular formula is C12H15O23S4-5. The highest BCUT2D eigenvalue weighted by Gasteiger charge is 2.54. The Morgan fingerprint density at radius 2 is 1.38 bits per heavy atom. The highest BCUT2D eigenvalue weighted by atomic mass is 32.3. The van der Waals surface area contributed by atoms with Crippen LogP contribution in [0, 0.1) is 0 Å². The van der Waals surface area contributed by atoms with Gasteiger partial charge in [-0.3, -0.25) is 21.8 Å². The van der Waals surface area contributed by atoms with Crippen molar-refractivity contribution >= 4 is 49.5 Å². The van der Waals surface area contributed by atoms with Crippen LogP contribution in [0.2, 0.25) is 0 Å². The van der Waals surface area contributed by atoms with E-state index in [0.29, 0.717) is 0 Å². The molecule has 0 aromatic rings. The lowest BCUT2D eigenvalue weighted by Crippen LogP contribution is -2.64. The lowest BCUT2D eigenvalue weighted by Gasteiger charge is -2.43. The quantitative estimate of drug-likeness (QED) is 0.0413. The molecule has 2 aliphatic rings. The number of rotatable bonds is 15. The second-order valence-electron chi connectivity index (χ2n) is 7.16. The topological polar surface area (TPSA) is 358 Å². The van der Waals surface area contributed by atoms with Crippen LogP contribution < -0.4 is 10.4 Å². The Kier molecular flexibility index (Phi) is 12.1. The van der Waals surface area contributed by atoms with Gasteiger partial charge in [0.15, 0.2) is 24.7 Å². The summed E-state index contributed by atoms with van der Waals surface area (Å²) in [5, 5.41) is 44.2. The fourth-order valence-electron chi connectivity index (χ4n) is 3.30. The Labute approximate surface area is 222 Å². The standard InChI is InChI=1S/C12H20O23S4/c13-5-6(14)10(33-39(24,25)26)12(31-9(5)11(15)16)30-7-3(1-27-36-35-34-17)29-4(2-28-37(18,19)20)8(7)32-38(21,22)23/h3-10,12-14,17H,1-2H2,(H,15,16)(H,18,19,20)(H,21,22,23)(H,24,25,26)/p-5. The molecule has 0 spiro atoms. The summed E-state index contributed by atoms with van der Waals surface area (Å²) in [5.74, 6) is -2.21. The third-order valence-corrected chi connectivity index (χ3v) is 6.33. The molecule has 39 heavy (non-hydrogen) atoms. The van der Waals surface area contributed by atoms with E-state index in [4.69, 9.17) is 18.4 Å². The molecule has 0 aromatic carbocycles. The average Bonchev–Trinajstić information content (AvgIpc) is 3.08. The van der Waals surface area contributed by atoms with Crippen LogP contribution in [0.1, 0.15) is 0 Å². The molecule has 9 unspecified atom stereocenters. The maximum Gasteiger partial charge on any atom is 0.218 e. The third-order valence-electron chi connectivity index (χ3n) is 4.65. The molecule has 2 saturated heterocycles. The van der Waals surface area contributed by atoms with Gasteiger partial charge in [0.25, 0.3) is 0 Å². The Bertz CT molecular complexity index is 1140. The van der Waals surface area contributed by atoms with Crippen LogP contribution in [0.3, 0.4) is 0 Å². The van der Waals surface area contributed by atoms with Crippen LogP contribution in [0.5, 0.6) is 0 Å². The number of carbonyl (C=O) groups is 1. The van der Waals surface area contributed by atoms with Gasteiger partial charge in [-0.1, -0.05) is 0 Å². The summed E-state index contributed by atoms with van der Waals surface area (Å²) in [6.07, 6.45) is -21.0. The fourth-order valence-corrected chi connectivity index (χ4v) is 4.83. The number of carbonyl (C=O) groups excluding carboxylic acids is 1. The molecule has 230 valence electrons. The SMILES string of the molecule is O=C([O-])C1OC(OC2C(COSOO[O-])OC(COS(=O)(=O)[O-])C2OS(=O)(=O)[O-])C(OS(=O)(=O)[O-])C(O)C1O. The lowest BCUT2D eigenvalue weighted by atomic mass is 9.98. The summed E-state index contributed by atoms with van der Waals surface area (Å²) < 4.78 is 136. The Morgan fingerprint density at radius 1 is 0.821 bits per heavy atom. The molecule has 2 N–H and O–H groups in total. The lowest BCUT2D eigenvalue weighted by molar-refractivity contribution is -0.777. The molecule has 27 heteroatoms. The van der Waals surface area contributed by atoms with Crippen molar-refractivity contribution in [3.05, 3.63) is 0 Å². The Hall–Kier alpha value is -0.930. The van der Waals surface area contributed by atoms with E-state index >= 15 is 0 Å². The molecule has 2 aliphatic heterocycles. The van der Waals surface area contributed by atoms with Crippen LogP contribution in [0.25, 0.3) is 0 Å². The summed E-state index contributed by atoms with van der Waals surface area (Å²) in [6, 6.07) is 0. The molecule has 9 atom stereocenters. The van der Waals surface area contributed by atoms with Crippen molar-refractivity contribution in [2.75, 3.05) is 13.2 Å². The maximum atomic E-state index is 11.3. The molecule has 0 aromatic heterocycles. The van der Waals surface area contributed by atoms with Gasteiger partial charge in [-0.05, 0) is 0 Å². The number of aliphatic hydroxyl groups is 2. The second kappa shape index (κ2) is 13.8. The van der Waals surface area contributed by atoms with E-state index in [9.17, 15) is 64.3 Å². The number of ether oxygens (including phenoxy) is 3. The fraction of sp³-hybridized carbons (Fsp3) is 0.917. The number of carboxylic acid groups (broad SMARTS) is 1. The van der Waals surface area contributed by atoms with E-state index < -0.39 is 106 Å². The largest absolute Gasteiger partial charge is 0.726 e. The highest BCUT2D eigenvalue weighted by Crippen LogP contribution is 2.34. The molecule has 2 rings (SSSR count). The highest BCUT2D eigenvalue weighted by molar-refractivity contribution is 7.89. The summed E-state index contributed by atoms with van der Waals surface area (Å²) in [4.78, 5) is 11.3. The van der Waals surface area contributed by atoms with Crippen LogP contribution in [0.15, 0.2) is 0 Å². The molecule has 0 bridgehead atoms. The summed E-state index contributed by atoms with van der Waals surface area (Å²) in [5.41, 5.74) is 0. The number of carboxylic acids is 1. The van der Waals surface area contributed by atoms with Crippen molar-refractivity contribution in [3.63, 3.8) is 0 Å². The Morgan fingerprint density at radius 3 is 1.90 bits per heavy atom. The minimum Gasteiger partial charge on any atom is -0.726 e. The van der Waals surface area contributed by atoms with E-state index in [1.54, 1.807) is 0 Å². The number of aliphatic carboxylic acids is 1. The van der Waals surface area contributed by atoms with Gasteiger partial charge in [-0.25, -0.2) is 25.3 Å². The predicted octanol–water partition coefficient (Wildman–Crippen LogP) is -7.69. The van der Waals surface area contributed by atoms with Crippen molar-refractivity contribution in [3.8, 4) is 0 Å². The van der Waals surface area contributed by atoms with E-state index in [1.165, 1.54) is 0 Å². The van der Waals surface area contributed by atoms with E-state index in [-0.39, 0.29) is 12.3 Å². The van der Waals surface area contributed by atoms with Crippen molar-refractivity contribution < 1.29 is 105 Å². The molecule has 2 fully saturated rings. The minimum atomic E-state index is -5.76. The second-order valence-corrected chi connectivity index (χ2v) is 10.7. The first-order chi connectivity index (χ1) is 17.8. The number of aliphatic hydroxyl groups excluding tert-OH is 2. The van der Waals surface area contributed by atoms with Crippen LogP contribution in [-0.2, 0) is 76.3 Å². The van der Waals surface area contributed by atoms with E-state index in [1.807, 2.05) is 0 Å². The monoisotopic (exact) mass is 655 g/mol. The van der Waals surface area contributed by atoms with Gasteiger partial charge in [-0.15, -0.1) is 4.33 Å². The molecule has 23 nitrogen and oxygen atoms in total. The van der Waals surface area contributed by atoms with Gasteiger partial charge in [0.1, 0.15) is 42.7 Å². The Balaban J connectivity index is 2.47. The zero-order valence-corrected chi connectivity index (χ0v) is 21.5. The van der Waals surface area contributed by atoms with Gasteiger partial charge < -0.3 is 53.2 Å².